The minimum Gasteiger partial charge on any atom is -0.479 e. The van der Waals surface area contributed by atoms with Gasteiger partial charge in [0.2, 0.25) is 5.91 Å². The largest absolute Gasteiger partial charge is 0.479 e. The summed E-state index contributed by atoms with van der Waals surface area (Å²) >= 11 is 0. The second-order valence-corrected chi connectivity index (χ2v) is 9.52. The van der Waals surface area contributed by atoms with Gasteiger partial charge in [-0.1, -0.05) is 66.7 Å². The third kappa shape index (κ3) is 5.87. The smallest absolute Gasteiger partial charge is 0.332 e. The maximum atomic E-state index is 12.2. The fraction of sp³-hybridized carbons (Fsp3) is 0.379. The lowest BCUT2D eigenvalue weighted by Gasteiger charge is -2.49. The second-order valence-electron chi connectivity index (χ2n) is 9.52. The van der Waals surface area contributed by atoms with Crippen molar-refractivity contribution < 1.29 is 38.4 Å². The molecule has 0 aliphatic carbocycles. The lowest BCUT2D eigenvalue weighted by molar-refractivity contribution is -0.351. The maximum Gasteiger partial charge on any atom is 0.332 e. The molecular formula is C29H31NO8. The highest BCUT2D eigenvalue weighted by molar-refractivity contribution is 5.83. The van der Waals surface area contributed by atoms with Gasteiger partial charge in [-0.3, -0.25) is 4.79 Å². The van der Waals surface area contributed by atoms with Crippen molar-refractivity contribution in [3.63, 3.8) is 0 Å². The minimum atomic E-state index is -1.15. The predicted octanol–water partition coefficient (Wildman–Crippen LogP) is 3.56. The van der Waals surface area contributed by atoms with Gasteiger partial charge in [-0.15, -0.1) is 0 Å². The van der Waals surface area contributed by atoms with Crippen LogP contribution in [0, 0.1) is 0 Å². The first-order valence-corrected chi connectivity index (χ1v) is 12.6. The summed E-state index contributed by atoms with van der Waals surface area (Å²) in [5.74, 6) is -1.46. The van der Waals surface area contributed by atoms with Gasteiger partial charge < -0.3 is 34.1 Å². The van der Waals surface area contributed by atoms with Gasteiger partial charge in [0, 0.05) is 12.5 Å². The van der Waals surface area contributed by atoms with Gasteiger partial charge in [0.1, 0.15) is 24.4 Å². The van der Waals surface area contributed by atoms with E-state index in [0.717, 1.165) is 21.9 Å². The van der Waals surface area contributed by atoms with E-state index >= 15 is 0 Å². The Morgan fingerprint density at radius 3 is 2.50 bits per heavy atom. The number of carbonyl (C=O) groups excluding carboxylic acids is 1. The van der Waals surface area contributed by atoms with Crippen LogP contribution in [0.1, 0.15) is 31.3 Å². The van der Waals surface area contributed by atoms with Crippen LogP contribution >= 0.6 is 0 Å². The number of ether oxygens (including phenoxy) is 5. The molecule has 38 heavy (non-hydrogen) atoms. The maximum absolute atomic E-state index is 12.2. The quantitative estimate of drug-likeness (QED) is 0.463. The van der Waals surface area contributed by atoms with Crippen molar-refractivity contribution in [2.75, 3.05) is 6.61 Å². The zero-order chi connectivity index (χ0) is 26.6. The van der Waals surface area contributed by atoms with Crippen molar-refractivity contribution in [1.29, 1.82) is 0 Å². The van der Waals surface area contributed by atoms with Crippen LogP contribution in [0.4, 0.5) is 0 Å². The molecule has 9 heteroatoms. The highest BCUT2D eigenvalue weighted by Gasteiger charge is 2.52. The molecule has 0 spiro atoms. The molecule has 3 aromatic carbocycles. The van der Waals surface area contributed by atoms with Crippen LogP contribution < -0.4 is 5.32 Å². The van der Waals surface area contributed by atoms with E-state index in [-0.39, 0.29) is 19.1 Å². The molecule has 2 aliphatic rings. The molecular weight excluding hydrogens is 490 g/mol. The number of hydrogen-bond acceptors (Lipinski definition) is 7. The fourth-order valence-electron chi connectivity index (χ4n) is 4.84. The first-order valence-electron chi connectivity index (χ1n) is 12.6. The van der Waals surface area contributed by atoms with Crippen LogP contribution in [0.2, 0.25) is 0 Å². The van der Waals surface area contributed by atoms with E-state index in [9.17, 15) is 14.7 Å². The molecule has 2 N–H and O–H groups in total. The summed E-state index contributed by atoms with van der Waals surface area (Å²) in [6.45, 7) is 3.20. The average Bonchev–Trinajstić information content (AvgIpc) is 2.93. The number of aliphatic carboxylic acids is 1. The van der Waals surface area contributed by atoms with Crippen LogP contribution in [0.25, 0.3) is 10.8 Å². The van der Waals surface area contributed by atoms with Gasteiger partial charge >= 0.3 is 5.97 Å². The fourth-order valence-corrected chi connectivity index (χ4v) is 4.84. The Hall–Kier alpha value is -3.34. The molecule has 0 aromatic heterocycles. The minimum absolute atomic E-state index is 0.175. The number of hydrogen-bond donors (Lipinski definition) is 2. The Balaban J connectivity index is 1.40. The van der Waals surface area contributed by atoms with Crippen LogP contribution in [-0.2, 0) is 39.9 Å². The second kappa shape index (κ2) is 11.6. The SMILES string of the molecule is CC(=O)N[C@@H]1[C@H](OCc2ccc3ccccc3c2)O[C@H]2CO[C@@H](c3ccccc3)O[C@@H]2[C@H]1O[C@H](C)C(=O)O. The van der Waals surface area contributed by atoms with E-state index in [1.807, 2.05) is 72.8 Å². The van der Waals surface area contributed by atoms with E-state index < -0.39 is 49.0 Å². The van der Waals surface area contributed by atoms with E-state index in [0.29, 0.717) is 0 Å². The molecule has 200 valence electrons. The molecule has 3 aromatic rings. The first kappa shape index (κ1) is 26.3. The predicted molar refractivity (Wildman–Crippen MR) is 137 cm³/mol. The lowest BCUT2D eigenvalue weighted by atomic mass is 9.95. The van der Waals surface area contributed by atoms with Crippen molar-refractivity contribution in [3.8, 4) is 0 Å². The van der Waals surface area contributed by atoms with Crippen molar-refractivity contribution in [2.24, 2.45) is 0 Å². The van der Waals surface area contributed by atoms with E-state index in [1.54, 1.807) is 0 Å². The summed E-state index contributed by atoms with van der Waals surface area (Å²) in [5.41, 5.74) is 1.73. The van der Waals surface area contributed by atoms with Crippen LogP contribution in [0.3, 0.4) is 0 Å². The third-order valence-electron chi connectivity index (χ3n) is 6.72. The molecule has 7 atom stereocenters. The summed E-state index contributed by atoms with van der Waals surface area (Å²) in [6.07, 6.45) is -4.97. The highest BCUT2D eigenvalue weighted by Crippen LogP contribution is 2.36. The standard InChI is InChI=1S/C29H31NO8/c1-17(27(32)33)36-26-24(30-18(2)31)29(34-15-19-12-13-20-8-6-7-11-22(20)14-19)37-23-16-35-28(38-25(23)26)21-9-4-3-5-10-21/h3-14,17,23-26,28-29H,15-16H2,1-2H3,(H,30,31)(H,32,33)/t17-,23+,24+,25+,26+,28-,29-/m1/s1. The average molecular weight is 522 g/mol. The number of benzene rings is 3. The highest BCUT2D eigenvalue weighted by atomic mass is 16.8. The normalized spacial score (nSPS) is 27.8. The molecule has 5 rings (SSSR count). The number of carboxylic acid groups (broad SMARTS) is 1. The van der Waals surface area contributed by atoms with Gasteiger partial charge in [0.05, 0.1) is 13.2 Å². The molecule has 2 fully saturated rings. The number of carboxylic acids is 1. The van der Waals surface area contributed by atoms with Gasteiger partial charge in [0.25, 0.3) is 0 Å². The monoisotopic (exact) mass is 521 g/mol. The first-order chi connectivity index (χ1) is 18.4. The molecule has 2 saturated heterocycles. The Kier molecular flexibility index (Phi) is 8.01. The van der Waals surface area contributed by atoms with Gasteiger partial charge in [-0.2, -0.15) is 0 Å². The van der Waals surface area contributed by atoms with E-state index in [1.165, 1.54) is 13.8 Å². The molecule has 2 aliphatic heterocycles. The Morgan fingerprint density at radius 2 is 1.76 bits per heavy atom. The number of nitrogens with one attached hydrogen (secondary N) is 1. The van der Waals surface area contributed by atoms with Crippen molar-refractivity contribution in [3.05, 3.63) is 83.9 Å². The molecule has 2 heterocycles. The summed E-state index contributed by atoms with van der Waals surface area (Å²) in [6, 6.07) is 22.6. The van der Waals surface area contributed by atoms with Crippen molar-refractivity contribution >= 4 is 22.6 Å². The topological polar surface area (TPSA) is 113 Å². The zero-order valence-corrected chi connectivity index (χ0v) is 21.2. The summed E-state index contributed by atoms with van der Waals surface area (Å²) in [5, 5.41) is 14.6. The lowest BCUT2D eigenvalue weighted by Crippen LogP contribution is -2.67. The molecule has 0 bridgehead atoms. The number of carbonyl (C=O) groups is 2. The molecule has 9 nitrogen and oxygen atoms in total. The summed E-state index contributed by atoms with van der Waals surface area (Å²) in [4.78, 5) is 23.9. The Morgan fingerprint density at radius 1 is 1.03 bits per heavy atom. The van der Waals surface area contributed by atoms with Crippen LogP contribution in [-0.4, -0.2) is 60.3 Å². The Bertz CT molecular complexity index is 1270. The van der Waals surface area contributed by atoms with Crippen molar-refractivity contribution in [1.82, 2.24) is 5.32 Å². The van der Waals surface area contributed by atoms with Crippen LogP contribution in [0.15, 0.2) is 72.8 Å². The number of fused-ring (bicyclic) bond motifs is 2. The molecule has 0 radical (unpaired) electrons. The molecule has 0 saturated carbocycles. The summed E-state index contributed by atoms with van der Waals surface area (Å²) in [7, 11) is 0. The van der Waals surface area contributed by atoms with Crippen molar-refractivity contribution in [2.45, 2.75) is 63.5 Å². The number of amides is 1. The van der Waals surface area contributed by atoms with Gasteiger partial charge in [-0.25, -0.2) is 4.79 Å². The van der Waals surface area contributed by atoms with Gasteiger partial charge in [0.15, 0.2) is 18.7 Å². The van der Waals surface area contributed by atoms with Gasteiger partial charge in [-0.05, 0) is 29.3 Å². The molecule has 1 amide bonds. The molecule has 0 unspecified atom stereocenters. The zero-order valence-electron chi connectivity index (χ0n) is 21.2. The third-order valence-corrected chi connectivity index (χ3v) is 6.72. The Labute approximate surface area is 220 Å². The number of rotatable bonds is 8. The van der Waals surface area contributed by atoms with E-state index in [2.05, 4.69) is 5.32 Å². The summed E-state index contributed by atoms with van der Waals surface area (Å²) < 4.78 is 30.7. The van der Waals surface area contributed by atoms with E-state index in [4.69, 9.17) is 23.7 Å². The van der Waals surface area contributed by atoms with Crippen LogP contribution in [0.5, 0.6) is 0 Å².